The van der Waals surface area contributed by atoms with E-state index >= 15 is 0 Å². The second-order valence-electron chi connectivity index (χ2n) is 4.77. The van der Waals surface area contributed by atoms with Crippen LogP contribution in [0.15, 0.2) is 6.07 Å². The van der Waals surface area contributed by atoms with E-state index in [1.165, 1.54) is 6.92 Å². The standard InChI is InChI=1S/C13H14BF2NO5/c1-3-21-13(19)8-4-9(15)11(16)7-5-10(17-6(2)18)14(20)22-12(7)8/h4,10,20H,3,5H2,1-2H3,(H,17,18)/t10-/m0/s1. The van der Waals surface area contributed by atoms with Gasteiger partial charge in [0.1, 0.15) is 11.3 Å². The summed E-state index contributed by atoms with van der Waals surface area (Å²) in [5, 5.41) is 12.2. The zero-order valence-electron chi connectivity index (χ0n) is 12.0. The van der Waals surface area contributed by atoms with Gasteiger partial charge in [0.25, 0.3) is 0 Å². The van der Waals surface area contributed by atoms with Gasteiger partial charge >= 0.3 is 13.1 Å². The van der Waals surface area contributed by atoms with Crippen LogP contribution in [0.4, 0.5) is 8.78 Å². The summed E-state index contributed by atoms with van der Waals surface area (Å²) in [5.41, 5.74) is -0.539. The molecule has 6 nitrogen and oxygen atoms in total. The van der Waals surface area contributed by atoms with Crippen LogP contribution in [0.2, 0.25) is 0 Å². The van der Waals surface area contributed by atoms with E-state index in [9.17, 15) is 23.4 Å². The van der Waals surface area contributed by atoms with Gasteiger partial charge < -0.3 is 19.7 Å². The van der Waals surface area contributed by atoms with Crippen LogP contribution in [0.3, 0.4) is 0 Å². The van der Waals surface area contributed by atoms with E-state index in [-0.39, 0.29) is 29.9 Å². The van der Waals surface area contributed by atoms with Crippen LogP contribution in [-0.4, -0.2) is 36.6 Å². The molecule has 2 rings (SSSR count). The Morgan fingerprint density at radius 2 is 2.23 bits per heavy atom. The average molecular weight is 313 g/mol. The highest BCUT2D eigenvalue weighted by atomic mass is 19.2. The third-order valence-electron chi connectivity index (χ3n) is 3.16. The summed E-state index contributed by atoms with van der Waals surface area (Å²) in [6, 6.07) is 0.664. The average Bonchev–Trinajstić information content (AvgIpc) is 2.44. The Morgan fingerprint density at radius 3 is 2.82 bits per heavy atom. The van der Waals surface area contributed by atoms with Crippen LogP contribution in [0.1, 0.15) is 29.8 Å². The maximum absolute atomic E-state index is 13.9. The molecule has 22 heavy (non-hydrogen) atoms. The van der Waals surface area contributed by atoms with E-state index in [4.69, 9.17) is 9.39 Å². The summed E-state index contributed by atoms with van der Waals surface area (Å²) in [6.45, 7) is 2.82. The molecule has 1 aliphatic heterocycles. The topological polar surface area (TPSA) is 84.9 Å². The van der Waals surface area contributed by atoms with E-state index in [0.29, 0.717) is 6.07 Å². The first-order valence-electron chi connectivity index (χ1n) is 6.65. The lowest BCUT2D eigenvalue weighted by atomic mass is 9.72. The number of carbonyl (C=O) groups excluding carboxylic acids is 2. The number of amides is 1. The monoisotopic (exact) mass is 313 g/mol. The van der Waals surface area contributed by atoms with E-state index < -0.39 is 36.6 Å². The van der Waals surface area contributed by atoms with Crippen molar-refractivity contribution in [3.63, 3.8) is 0 Å². The summed E-state index contributed by atoms with van der Waals surface area (Å²) >= 11 is 0. The molecule has 1 aromatic carbocycles. The molecule has 1 amide bonds. The van der Waals surface area contributed by atoms with E-state index in [0.717, 1.165) is 0 Å². The first kappa shape index (κ1) is 16.2. The number of ether oxygens (including phenoxy) is 1. The summed E-state index contributed by atoms with van der Waals surface area (Å²) in [4.78, 5) is 22.9. The summed E-state index contributed by atoms with van der Waals surface area (Å²) < 4.78 is 37.5. The second-order valence-corrected chi connectivity index (χ2v) is 4.77. The quantitative estimate of drug-likeness (QED) is 0.630. The molecule has 118 valence electrons. The smallest absolute Gasteiger partial charge is 0.534 e. The van der Waals surface area contributed by atoms with Gasteiger partial charge in [0.05, 0.1) is 12.5 Å². The molecular formula is C13H14BF2NO5. The van der Waals surface area contributed by atoms with Crippen LogP contribution < -0.4 is 9.97 Å². The molecular weight excluding hydrogens is 299 g/mol. The molecule has 0 bridgehead atoms. The molecule has 0 fully saturated rings. The normalized spacial score (nSPS) is 16.6. The molecule has 9 heteroatoms. The van der Waals surface area contributed by atoms with E-state index in [1.807, 2.05) is 0 Å². The van der Waals surface area contributed by atoms with Crippen LogP contribution in [0.5, 0.6) is 5.75 Å². The van der Waals surface area contributed by atoms with Gasteiger partial charge in [-0.15, -0.1) is 0 Å². The van der Waals surface area contributed by atoms with Crippen molar-refractivity contribution in [2.45, 2.75) is 26.2 Å². The second kappa shape index (κ2) is 6.31. The lowest BCUT2D eigenvalue weighted by Gasteiger charge is -2.29. The molecule has 0 aliphatic carbocycles. The molecule has 1 aromatic rings. The zero-order valence-corrected chi connectivity index (χ0v) is 12.0. The number of fused-ring (bicyclic) bond motifs is 1. The number of carbonyl (C=O) groups is 2. The minimum Gasteiger partial charge on any atom is -0.534 e. The minimum absolute atomic E-state index is 0.0453. The van der Waals surface area contributed by atoms with E-state index in [2.05, 4.69) is 5.32 Å². The molecule has 0 spiro atoms. The van der Waals surface area contributed by atoms with Crippen molar-refractivity contribution in [1.82, 2.24) is 5.32 Å². The fraction of sp³-hybridized carbons (Fsp3) is 0.385. The fourth-order valence-corrected chi connectivity index (χ4v) is 2.25. The molecule has 1 atom stereocenters. The van der Waals surface area contributed by atoms with Crippen LogP contribution in [0, 0.1) is 11.6 Å². The maximum atomic E-state index is 13.9. The van der Waals surface area contributed by atoms with Gasteiger partial charge in [0.2, 0.25) is 5.91 Å². The zero-order chi connectivity index (χ0) is 16.4. The fourth-order valence-electron chi connectivity index (χ4n) is 2.25. The van der Waals surface area contributed by atoms with Gasteiger partial charge in [0.15, 0.2) is 11.6 Å². The minimum atomic E-state index is -1.49. The molecule has 1 aliphatic rings. The highest BCUT2D eigenvalue weighted by Gasteiger charge is 2.40. The van der Waals surface area contributed by atoms with Crippen molar-refractivity contribution in [3.8, 4) is 5.75 Å². The summed E-state index contributed by atoms with van der Waals surface area (Å²) in [6.07, 6.45) is -0.216. The number of esters is 1. The van der Waals surface area contributed by atoms with Gasteiger partial charge in [-0.25, -0.2) is 13.6 Å². The number of benzene rings is 1. The molecule has 2 N–H and O–H groups in total. The van der Waals surface area contributed by atoms with Crippen molar-refractivity contribution in [2.75, 3.05) is 6.61 Å². The van der Waals surface area contributed by atoms with Gasteiger partial charge in [-0.05, 0) is 19.4 Å². The highest BCUT2D eigenvalue weighted by molar-refractivity contribution is 6.47. The Kier molecular flexibility index (Phi) is 4.65. The summed E-state index contributed by atoms with van der Waals surface area (Å²) in [5.74, 6) is -4.99. The van der Waals surface area contributed by atoms with E-state index in [1.54, 1.807) is 6.92 Å². The highest BCUT2D eigenvalue weighted by Crippen LogP contribution is 2.34. The molecule has 1 heterocycles. The van der Waals surface area contributed by atoms with Gasteiger partial charge in [-0.3, -0.25) is 4.79 Å². The third kappa shape index (κ3) is 3.04. The number of halogens is 2. The summed E-state index contributed by atoms with van der Waals surface area (Å²) in [7, 11) is -1.49. The molecule has 0 saturated carbocycles. The lowest BCUT2D eigenvalue weighted by Crippen LogP contribution is -2.53. The van der Waals surface area contributed by atoms with Gasteiger partial charge in [0, 0.05) is 12.5 Å². The number of nitrogens with one attached hydrogen (secondary N) is 1. The van der Waals surface area contributed by atoms with Crippen LogP contribution in [0.25, 0.3) is 0 Å². The van der Waals surface area contributed by atoms with Crippen molar-refractivity contribution in [3.05, 3.63) is 28.8 Å². The lowest BCUT2D eigenvalue weighted by molar-refractivity contribution is -0.119. The SMILES string of the molecule is CCOC(=O)c1cc(F)c(F)c2c1OB(O)[C@@H](NC(C)=O)C2. The molecule has 0 radical (unpaired) electrons. The third-order valence-corrected chi connectivity index (χ3v) is 3.16. The molecule has 0 aromatic heterocycles. The maximum Gasteiger partial charge on any atom is 0.547 e. The van der Waals surface area contributed by atoms with Crippen LogP contribution >= 0.6 is 0 Å². The Hall–Kier alpha value is -2.16. The number of hydrogen-bond acceptors (Lipinski definition) is 5. The first-order chi connectivity index (χ1) is 10.3. The largest absolute Gasteiger partial charge is 0.547 e. The molecule has 0 unspecified atom stereocenters. The Morgan fingerprint density at radius 1 is 1.55 bits per heavy atom. The first-order valence-corrected chi connectivity index (χ1v) is 6.65. The Labute approximate surface area is 125 Å². The van der Waals surface area contributed by atoms with Gasteiger partial charge in [-0.1, -0.05) is 0 Å². The van der Waals surface area contributed by atoms with Crippen molar-refractivity contribution < 1.29 is 32.8 Å². The Bertz CT molecular complexity index is 625. The predicted octanol–water partition coefficient (Wildman–Crippen LogP) is 0.601. The molecule has 0 saturated heterocycles. The van der Waals surface area contributed by atoms with Crippen molar-refractivity contribution >= 4 is 19.0 Å². The van der Waals surface area contributed by atoms with Crippen LogP contribution in [-0.2, 0) is 16.0 Å². The van der Waals surface area contributed by atoms with Crippen molar-refractivity contribution in [2.24, 2.45) is 0 Å². The Balaban J connectivity index is 2.46. The predicted molar refractivity (Wildman–Crippen MR) is 72.2 cm³/mol. The van der Waals surface area contributed by atoms with Gasteiger partial charge in [-0.2, -0.15) is 0 Å². The number of rotatable bonds is 3. The number of hydrogen-bond donors (Lipinski definition) is 2. The van der Waals surface area contributed by atoms with Crippen molar-refractivity contribution in [1.29, 1.82) is 0 Å².